The lowest BCUT2D eigenvalue weighted by Crippen LogP contribution is -2.32. The third-order valence-corrected chi connectivity index (χ3v) is 4.31. The van der Waals surface area contributed by atoms with Gasteiger partial charge < -0.3 is 10.2 Å². The molecule has 0 saturated heterocycles. The number of nitrogens with zero attached hydrogens (tertiary/aromatic N) is 1. The topological polar surface area (TPSA) is 49.4 Å². The Balaban J connectivity index is 2.08. The summed E-state index contributed by atoms with van der Waals surface area (Å²) in [5.41, 5.74) is 4.56. The van der Waals surface area contributed by atoms with E-state index in [0.29, 0.717) is 17.3 Å². The predicted octanol–water partition coefficient (Wildman–Crippen LogP) is 4.65. The fraction of sp³-hybridized carbons (Fsp3) is 0.300. The van der Waals surface area contributed by atoms with Crippen LogP contribution in [0.15, 0.2) is 36.4 Å². The first-order chi connectivity index (χ1) is 11.8. The number of carbonyl (C=O) groups excluding carboxylic acids is 2. The highest BCUT2D eigenvalue weighted by atomic mass is 35.5. The van der Waals surface area contributed by atoms with Gasteiger partial charge in [-0.1, -0.05) is 29.8 Å². The van der Waals surface area contributed by atoms with Gasteiger partial charge in [-0.15, -0.1) is 0 Å². The summed E-state index contributed by atoms with van der Waals surface area (Å²) in [6, 6.07) is 11.3. The second kappa shape index (κ2) is 8.17. The highest BCUT2D eigenvalue weighted by molar-refractivity contribution is 6.31. The monoisotopic (exact) mass is 358 g/mol. The van der Waals surface area contributed by atoms with Gasteiger partial charge in [0.05, 0.1) is 0 Å². The van der Waals surface area contributed by atoms with Crippen molar-refractivity contribution in [2.45, 2.75) is 34.1 Å². The third-order valence-electron chi connectivity index (χ3n) is 4.07. The molecular weight excluding hydrogens is 336 g/mol. The number of halogens is 1. The zero-order valence-electron chi connectivity index (χ0n) is 15.0. The number of nitrogens with one attached hydrogen (secondary N) is 1. The van der Waals surface area contributed by atoms with E-state index in [9.17, 15) is 9.59 Å². The van der Waals surface area contributed by atoms with Crippen LogP contribution in [-0.4, -0.2) is 18.4 Å². The molecule has 4 nitrogen and oxygen atoms in total. The summed E-state index contributed by atoms with van der Waals surface area (Å²) in [4.78, 5) is 26.0. The molecule has 2 aromatic carbocycles. The number of aryl methyl sites for hydroxylation is 3. The molecule has 25 heavy (non-hydrogen) atoms. The fourth-order valence-electron chi connectivity index (χ4n) is 2.61. The van der Waals surface area contributed by atoms with Gasteiger partial charge in [0, 0.05) is 36.3 Å². The quantitative estimate of drug-likeness (QED) is 0.845. The molecule has 0 fully saturated rings. The van der Waals surface area contributed by atoms with Crippen LogP contribution in [0.2, 0.25) is 5.02 Å². The largest absolute Gasteiger partial charge is 0.326 e. The van der Waals surface area contributed by atoms with Crippen molar-refractivity contribution < 1.29 is 9.59 Å². The zero-order chi connectivity index (χ0) is 18.6. The summed E-state index contributed by atoms with van der Waals surface area (Å²) >= 11 is 5.98. The first-order valence-electron chi connectivity index (χ1n) is 8.19. The van der Waals surface area contributed by atoms with Crippen LogP contribution in [-0.2, 0) is 9.59 Å². The minimum atomic E-state index is -0.151. The maximum atomic E-state index is 12.3. The maximum Gasteiger partial charge on any atom is 0.226 e. The molecule has 132 valence electrons. The molecule has 0 bridgehead atoms. The molecule has 0 aromatic heterocycles. The van der Waals surface area contributed by atoms with E-state index in [-0.39, 0.29) is 18.2 Å². The Morgan fingerprint density at radius 3 is 2.40 bits per heavy atom. The number of rotatable bonds is 5. The molecule has 5 heteroatoms. The number of anilines is 2. The van der Waals surface area contributed by atoms with Crippen LogP contribution in [0.5, 0.6) is 0 Å². The third kappa shape index (κ3) is 5.07. The van der Waals surface area contributed by atoms with Crippen LogP contribution in [0.3, 0.4) is 0 Å². The van der Waals surface area contributed by atoms with Crippen molar-refractivity contribution in [2.75, 3.05) is 16.8 Å². The molecule has 0 heterocycles. The van der Waals surface area contributed by atoms with Gasteiger partial charge in [-0.05, 0) is 55.7 Å². The summed E-state index contributed by atoms with van der Waals surface area (Å²) in [7, 11) is 0. The van der Waals surface area contributed by atoms with E-state index in [2.05, 4.69) is 5.32 Å². The van der Waals surface area contributed by atoms with Crippen LogP contribution in [0, 0.1) is 20.8 Å². The van der Waals surface area contributed by atoms with Gasteiger partial charge >= 0.3 is 0 Å². The molecule has 0 spiro atoms. The number of hydrogen-bond acceptors (Lipinski definition) is 2. The number of amides is 2. The highest BCUT2D eigenvalue weighted by Crippen LogP contribution is 2.23. The Labute approximate surface area is 153 Å². The van der Waals surface area contributed by atoms with E-state index in [1.165, 1.54) is 6.92 Å². The van der Waals surface area contributed by atoms with Gasteiger partial charge in [0.2, 0.25) is 11.8 Å². The Hall–Kier alpha value is -2.33. The van der Waals surface area contributed by atoms with Crippen LogP contribution in [0.4, 0.5) is 11.4 Å². The summed E-state index contributed by atoms with van der Waals surface area (Å²) in [5.74, 6) is -0.234. The minimum Gasteiger partial charge on any atom is -0.326 e. The van der Waals surface area contributed by atoms with Crippen LogP contribution in [0.1, 0.15) is 30.0 Å². The molecule has 0 aliphatic rings. The lowest BCUT2D eigenvalue weighted by molar-refractivity contribution is -0.117. The summed E-state index contributed by atoms with van der Waals surface area (Å²) in [5, 5.41) is 3.43. The van der Waals surface area contributed by atoms with Gasteiger partial charge in [0.1, 0.15) is 0 Å². The van der Waals surface area contributed by atoms with Gasteiger partial charge in [0.15, 0.2) is 0 Å². The van der Waals surface area contributed by atoms with Gasteiger partial charge in [-0.2, -0.15) is 0 Å². The van der Waals surface area contributed by atoms with E-state index in [4.69, 9.17) is 11.6 Å². The van der Waals surface area contributed by atoms with Crippen LogP contribution < -0.4 is 10.2 Å². The molecule has 2 amide bonds. The van der Waals surface area contributed by atoms with Gasteiger partial charge in [-0.3, -0.25) is 9.59 Å². The number of benzene rings is 2. The van der Waals surface area contributed by atoms with Crippen molar-refractivity contribution in [1.82, 2.24) is 0 Å². The smallest absolute Gasteiger partial charge is 0.226 e. The fourth-order valence-corrected chi connectivity index (χ4v) is 2.78. The molecule has 2 rings (SSSR count). The summed E-state index contributed by atoms with van der Waals surface area (Å²) < 4.78 is 0. The van der Waals surface area contributed by atoms with Crippen molar-refractivity contribution in [3.63, 3.8) is 0 Å². The summed E-state index contributed by atoms with van der Waals surface area (Å²) in [6.07, 6.45) is 0.207. The number of hydrogen-bond donors (Lipinski definition) is 1. The molecule has 2 aromatic rings. The van der Waals surface area contributed by atoms with Crippen LogP contribution >= 0.6 is 11.6 Å². The average molecular weight is 359 g/mol. The molecule has 0 aliphatic heterocycles. The molecule has 0 radical (unpaired) electrons. The Kier molecular flexibility index (Phi) is 6.21. The second-order valence-electron chi connectivity index (χ2n) is 6.22. The van der Waals surface area contributed by atoms with E-state index >= 15 is 0 Å². The Bertz CT molecular complexity index is 802. The lowest BCUT2D eigenvalue weighted by Gasteiger charge is -2.23. The van der Waals surface area contributed by atoms with Crippen molar-refractivity contribution in [3.8, 4) is 0 Å². The zero-order valence-corrected chi connectivity index (χ0v) is 15.8. The molecule has 1 N–H and O–H groups in total. The second-order valence-corrected chi connectivity index (χ2v) is 6.65. The maximum absolute atomic E-state index is 12.3. The SMILES string of the molecule is CC(=O)N(CCC(=O)Nc1cc(Cl)ccc1C)c1cc(C)ccc1C. The normalized spacial score (nSPS) is 10.4. The van der Waals surface area contributed by atoms with E-state index in [0.717, 1.165) is 22.4 Å². The Morgan fingerprint density at radius 2 is 1.72 bits per heavy atom. The van der Waals surface area contributed by atoms with Gasteiger partial charge in [-0.25, -0.2) is 0 Å². The first-order valence-corrected chi connectivity index (χ1v) is 8.57. The molecular formula is C20H23ClN2O2. The molecule has 0 aliphatic carbocycles. The predicted molar refractivity (Wildman–Crippen MR) is 103 cm³/mol. The minimum absolute atomic E-state index is 0.0829. The Morgan fingerprint density at radius 1 is 1.04 bits per heavy atom. The van der Waals surface area contributed by atoms with E-state index in [1.807, 2.05) is 45.0 Å². The average Bonchev–Trinajstić information content (AvgIpc) is 2.54. The van der Waals surface area contributed by atoms with Gasteiger partial charge in [0.25, 0.3) is 0 Å². The molecule has 0 saturated carbocycles. The van der Waals surface area contributed by atoms with Crippen molar-refractivity contribution >= 4 is 34.8 Å². The highest BCUT2D eigenvalue weighted by Gasteiger charge is 2.16. The summed E-state index contributed by atoms with van der Waals surface area (Å²) in [6.45, 7) is 7.69. The van der Waals surface area contributed by atoms with Crippen molar-refractivity contribution in [1.29, 1.82) is 0 Å². The molecule has 0 unspecified atom stereocenters. The standard InChI is InChI=1S/C20H23ClN2O2/c1-13-5-6-15(3)19(11-13)23(16(4)24)10-9-20(25)22-18-12-17(21)8-7-14(18)2/h5-8,11-12H,9-10H2,1-4H3,(H,22,25). The number of carbonyl (C=O) groups is 2. The van der Waals surface area contributed by atoms with Crippen molar-refractivity contribution in [3.05, 3.63) is 58.1 Å². The molecule has 0 atom stereocenters. The lowest BCUT2D eigenvalue weighted by atomic mass is 10.1. The van der Waals surface area contributed by atoms with Crippen molar-refractivity contribution in [2.24, 2.45) is 0 Å². The van der Waals surface area contributed by atoms with E-state index in [1.54, 1.807) is 17.0 Å². The van der Waals surface area contributed by atoms with E-state index < -0.39 is 0 Å². The first kappa shape index (κ1) is 19.0. The van der Waals surface area contributed by atoms with Crippen LogP contribution in [0.25, 0.3) is 0 Å².